The van der Waals surface area contributed by atoms with Gasteiger partial charge in [0.05, 0.1) is 5.38 Å². The normalized spacial score (nSPS) is 40.9. The maximum Gasteiger partial charge on any atom is 0.109 e. The van der Waals surface area contributed by atoms with Gasteiger partial charge in [0.25, 0.3) is 0 Å². The molecule has 0 nitrogen and oxygen atoms in total. The molecule has 0 amide bonds. The molecular weight excluding hydrogens is 202 g/mol. The fraction of sp³-hybridized carbons (Fsp3) is 0.846. The summed E-state index contributed by atoms with van der Waals surface area (Å²) in [5.74, 6) is 2.02. The first-order valence-corrected chi connectivity index (χ1v) is 6.64. The zero-order valence-electron chi connectivity index (χ0n) is 10.8. The summed E-state index contributed by atoms with van der Waals surface area (Å²) in [6.07, 6.45) is 7.02. The molecule has 0 N–H and O–H groups in total. The lowest BCUT2D eigenvalue weighted by Crippen LogP contribution is -2.27. The van der Waals surface area contributed by atoms with E-state index in [0.717, 1.165) is 5.92 Å². The molecule has 86 valence electrons. The van der Waals surface area contributed by atoms with E-state index in [0.29, 0.717) is 17.2 Å². The van der Waals surface area contributed by atoms with Crippen molar-refractivity contribution in [3.63, 3.8) is 0 Å². The van der Waals surface area contributed by atoms with E-state index in [9.17, 15) is 0 Å². The van der Waals surface area contributed by atoms with Crippen molar-refractivity contribution < 1.29 is 0 Å². The Kier molecular flexibility index (Phi) is 4.34. The number of hydrogen-bond acceptors (Lipinski definition) is 0. The lowest BCUT2D eigenvalue weighted by molar-refractivity contribution is 0.257. The van der Waals surface area contributed by atoms with Crippen molar-refractivity contribution >= 4 is 19.4 Å². The van der Waals surface area contributed by atoms with Gasteiger partial charge in [-0.05, 0) is 24.2 Å². The van der Waals surface area contributed by atoms with Gasteiger partial charge in [-0.2, -0.15) is 0 Å². The summed E-state index contributed by atoms with van der Waals surface area (Å²) < 4.78 is 0. The highest BCUT2D eigenvalue weighted by Gasteiger charge is 2.34. The minimum Gasteiger partial charge on any atom is -0.118 e. The quantitative estimate of drug-likeness (QED) is 0.383. The van der Waals surface area contributed by atoms with Gasteiger partial charge in [0.15, 0.2) is 0 Å². The van der Waals surface area contributed by atoms with Crippen LogP contribution in [0.1, 0.15) is 40.5 Å². The van der Waals surface area contributed by atoms with E-state index in [4.69, 9.17) is 11.6 Å². The molecule has 0 aromatic heterocycles. The Morgan fingerprint density at radius 3 is 2.53 bits per heavy atom. The van der Waals surface area contributed by atoms with Crippen molar-refractivity contribution in [1.29, 1.82) is 0 Å². The zero-order valence-corrected chi connectivity index (χ0v) is 11.5. The van der Waals surface area contributed by atoms with Crippen LogP contribution in [0.15, 0.2) is 12.2 Å². The maximum absolute atomic E-state index is 6.31. The fourth-order valence-electron chi connectivity index (χ4n) is 2.64. The molecule has 0 radical (unpaired) electrons. The predicted molar refractivity (Wildman–Crippen MR) is 72.4 cm³/mol. The molecule has 0 aromatic rings. The Hall–Kier alpha value is 0.0949. The Labute approximate surface area is 101 Å². The lowest BCUT2D eigenvalue weighted by Gasteiger charge is -2.37. The van der Waals surface area contributed by atoms with E-state index in [1.54, 1.807) is 0 Å². The van der Waals surface area contributed by atoms with Crippen LogP contribution < -0.4 is 0 Å². The van der Waals surface area contributed by atoms with Crippen molar-refractivity contribution in [2.24, 2.45) is 17.8 Å². The number of hydrogen-bond donors (Lipinski definition) is 0. The molecule has 0 aromatic carbocycles. The molecule has 5 atom stereocenters. The minimum atomic E-state index is 0.227. The maximum atomic E-state index is 6.31. The van der Waals surface area contributed by atoms with Crippen molar-refractivity contribution in [3.8, 4) is 0 Å². The first-order valence-electron chi connectivity index (χ1n) is 6.21. The van der Waals surface area contributed by atoms with Gasteiger partial charge in [-0.15, -0.1) is 11.6 Å². The van der Waals surface area contributed by atoms with E-state index in [1.807, 2.05) is 0 Å². The van der Waals surface area contributed by atoms with E-state index < -0.39 is 0 Å². The predicted octanol–water partition coefficient (Wildman–Crippen LogP) is 3.66. The monoisotopic (exact) mass is 226 g/mol. The Bertz CT molecular complexity index is 235. The molecule has 0 fully saturated rings. The van der Waals surface area contributed by atoms with Gasteiger partial charge in [0, 0.05) is 0 Å². The second-order valence-electron chi connectivity index (χ2n) is 5.85. The Balaban J connectivity index is 2.85. The van der Waals surface area contributed by atoms with Crippen molar-refractivity contribution in [3.05, 3.63) is 12.2 Å². The van der Waals surface area contributed by atoms with Gasteiger partial charge in [-0.25, -0.2) is 0 Å². The van der Waals surface area contributed by atoms with E-state index >= 15 is 0 Å². The van der Waals surface area contributed by atoms with Gasteiger partial charge in [0.2, 0.25) is 0 Å². The van der Waals surface area contributed by atoms with Crippen molar-refractivity contribution in [1.82, 2.24) is 0 Å². The second-order valence-corrected chi connectivity index (χ2v) is 6.35. The molecule has 0 spiro atoms. The topological polar surface area (TPSA) is 0 Å². The summed E-state index contributed by atoms with van der Waals surface area (Å²) in [6.45, 7) is 9.30. The van der Waals surface area contributed by atoms with Gasteiger partial charge >= 0.3 is 0 Å². The third kappa shape index (κ3) is 3.03. The molecular formula is C13H24BCl. The Morgan fingerprint density at radius 2 is 2.00 bits per heavy atom. The molecule has 1 aliphatic rings. The second kappa shape index (κ2) is 4.95. The number of halogens is 1. The first-order chi connectivity index (χ1) is 6.88. The van der Waals surface area contributed by atoms with Crippen LogP contribution in [0.3, 0.4) is 0 Å². The number of alkyl halides is 1. The molecule has 0 heterocycles. The first kappa shape index (κ1) is 13.2. The molecule has 0 saturated heterocycles. The van der Waals surface area contributed by atoms with Crippen LogP contribution in [0.25, 0.3) is 0 Å². The summed E-state index contributed by atoms with van der Waals surface area (Å²) in [7, 11) is 2.39. The highest BCUT2D eigenvalue weighted by Crippen LogP contribution is 2.46. The molecule has 0 saturated carbocycles. The van der Waals surface area contributed by atoms with Crippen LogP contribution in [-0.2, 0) is 0 Å². The summed E-state index contributed by atoms with van der Waals surface area (Å²) in [6, 6.07) is 0. The fourth-order valence-corrected chi connectivity index (χ4v) is 2.83. The van der Waals surface area contributed by atoms with Crippen molar-refractivity contribution in [2.45, 2.75) is 51.2 Å². The highest BCUT2D eigenvalue weighted by atomic mass is 35.5. The molecule has 15 heavy (non-hydrogen) atoms. The van der Waals surface area contributed by atoms with Crippen LogP contribution in [-0.4, -0.2) is 13.2 Å². The summed E-state index contributed by atoms with van der Waals surface area (Å²) in [4.78, 5) is 0. The highest BCUT2D eigenvalue weighted by molar-refractivity contribution is 6.22. The third-order valence-corrected chi connectivity index (χ3v) is 4.89. The van der Waals surface area contributed by atoms with E-state index in [-0.39, 0.29) is 5.38 Å². The summed E-state index contributed by atoms with van der Waals surface area (Å²) in [5, 5.41) is 0.656. The molecule has 0 aliphatic heterocycles. The average Bonchev–Trinajstić information content (AvgIpc) is 2.31. The van der Waals surface area contributed by atoms with Gasteiger partial charge in [0.1, 0.15) is 7.85 Å². The summed E-state index contributed by atoms with van der Waals surface area (Å²) >= 11 is 6.31. The number of allylic oxidation sites excluding steroid dienone is 2. The van der Waals surface area contributed by atoms with Crippen molar-refractivity contribution in [2.75, 3.05) is 0 Å². The number of rotatable bonds is 2. The van der Waals surface area contributed by atoms with Gasteiger partial charge in [-0.1, -0.05) is 51.6 Å². The molecule has 3 unspecified atom stereocenters. The smallest absolute Gasteiger partial charge is 0.109 e. The SMILES string of the molecule is BC(C)(CC)C1C[C@H](C)C(Cl)C=C[C@H]1C. The van der Waals surface area contributed by atoms with Crippen LogP contribution in [0.5, 0.6) is 0 Å². The largest absolute Gasteiger partial charge is 0.118 e. The van der Waals surface area contributed by atoms with Gasteiger partial charge in [-0.3, -0.25) is 0 Å². The summed E-state index contributed by atoms with van der Waals surface area (Å²) in [5.41, 5.74) is 0. The van der Waals surface area contributed by atoms with Crippen LogP contribution >= 0.6 is 11.6 Å². The van der Waals surface area contributed by atoms with Crippen LogP contribution in [0.4, 0.5) is 0 Å². The lowest BCUT2D eigenvalue weighted by atomic mass is 9.56. The molecule has 1 aliphatic carbocycles. The Morgan fingerprint density at radius 1 is 1.40 bits per heavy atom. The van der Waals surface area contributed by atoms with Crippen LogP contribution in [0, 0.1) is 17.8 Å². The molecule has 0 bridgehead atoms. The molecule has 2 heteroatoms. The van der Waals surface area contributed by atoms with E-state index in [2.05, 4.69) is 47.7 Å². The van der Waals surface area contributed by atoms with Gasteiger partial charge < -0.3 is 0 Å². The van der Waals surface area contributed by atoms with Crippen LogP contribution in [0.2, 0.25) is 5.31 Å². The molecule has 1 rings (SSSR count). The standard InChI is InChI=1S/C13H24BCl/c1-5-13(4,14)11-8-10(3)12(15)7-6-9(11)2/h6-7,9-12H,5,8,14H2,1-4H3/t9-,10+,11?,12?,13?/m1/s1. The minimum absolute atomic E-state index is 0.227. The van der Waals surface area contributed by atoms with E-state index in [1.165, 1.54) is 12.8 Å². The third-order valence-electron chi connectivity index (χ3n) is 4.32. The zero-order chi connectivity index (χ0) is 11.6. The average molecular weight is 227 g/mol.